The van der Waals surface area contributed by atoms with Crippen LogP contribution in [0, 0.1) is 0 Å². The van der Waals surface area contributed by atoms with Crippen LogP contribution in [0.25, 0.3) is 0 Å². The minimum atomic E-state index is -3.52. The number of anilines is 1. The molecule has 1 aliphatic rings. The van der Waals surface area contributed by atoms with E-state index in [-0.39, 0.29) is 17.3 Å². The number of nitrogens with zero attached hydrogens (tertiary/aromatic N) is 1. The molecule has 1 amide bonds. The Morgan fingerprint density at radius 1 is 1.07 bits per heavy atom. The first kappa shape index (κ1) is 22.5. The fourth-order valence-corrected chi connectivity index (χ4v) is 4.99. The quantitative estimate of drug-likeness (QED) is 0.594. The minimum Gasteiger partial charge on any atom is -0.497 e. The summed E-state index contributed by atoms with van der Waals surface area (Å²) in [5.41, 5.74) is 0.590. The number of ether oxygens (including phenoxy) is 2. The Balaban J connectivity index is 1.55. The van der Waals surface area contributed by atoms with Crippen LogP contribution in [0.5, 0.6) is 11.5 Å². The summed E-state index contributed by atoms with van der Waals surface area (Å²) in [5.74, 6) is 1.03. The number of amides is 1. The molecular formula is C20H25BrN3O5S+. The van der Waals surface area contributed by atoms with E-state index < -0.39 is 10.0 Å². The standard InChI is InChI=1S/C20H24BrN3O5S/c1-28-17-11-16(12-18(13-17)29-2)22-20(25)14-23-7-9-24(10-8-23)30(26,27)19-5-3-15(21)4-6-19/h3-6,11-13H,7-10,14H2,1-2H3,(H,22,25)/p+1. The SMILES string of the molecule is COc1cc(NC(=O)C[NH+]2CCN(S(=O)(=O)c3ccc(Br)cc3)CC2)cc(OC)c1. The molecule has 162 valence electrons. The normalized spacial score (nSPS) is 15.6. The van der Waals surface area contributed by atoms with Gasteiger partial charge in [0.05, 0.1) is 45.3 Å². The van der Waals surface area contributed by atoms with Gasteiger partial charge in [0.15, 0.2) is 6.54 Å². The monoisotopic (exact) mass is 498 g/mol. The van der Waals surface area contributed by atoms with Crippen molar-refractivity contribution in [1.82, 2.24) is 4.31 Å². The number of rotatable bonds is 7. The van der Waals surface area contributed by atoms with E-state index in [2.05, 4.69) is 21.2 Å². The summed E-state index contributed by atoms with van der Waals surface area (Å²) in [6, 6.07) is 11.8. The number of nitrogens with one attached hydrogen (secondary N) is 2. The van der Waals surface area contributed by atoms with Crippen molar-refractivity contribution in [2.24, 2.45) is 0 Å². The van der Waals surface area contributed by atoms with Crippen LogP contribution in [0.1, 0.15) is 0 Å². The number of sulfonamides is 1. The molecule has 1 saturated heterocycles. The third kappa shape index (κ3) is 5.51. The smallest absolute Gasteiger partial charge is 0.279 e. The van der Waals surface area contributed by atoms with E-state index >= 15 is 0 Å². The largest absolute Gasteiger partial charge is 0.497 e. The zero-order valence-electron chi connectivity index (χ0n) is 16.9. The lowest BCUT2D eigenvalue weighted by Gasteiger charge is -2.31. The van der Waals surface area contributed by atoms with Gasteiger partial charge in [0.2, 0.25) is 10.0 Å². The average Bonchev–Trinajstić information content (AvgIpc) is 2.74. The molecule has 8 nitrogen and oxygen atoms in total. The molecule has 10 heteroatoms. The van der Waals surface area contributed by atoms with E-state index in [1.165, 1.54) is 4.31 Å². The summed E-state index contributed by atoms with van der Waals surface area (Å²) >= 11 is 3.31. The van der Waals surface area contributed by atoms with Gasteiger partial charge in [-0.2, -0.15) is 4.31 Å². The van der Waals surface area contributed by atoms with Crippen LogP contribution < -0.4 is 19.7 Å². The maximum absolute atomic E-state index is 12.8. The van der Waals surface area contributed by atoms with Crippen LogP contribution in [0.15, 0.2) is 51.8 Å². The molecule has 1 aliphatic heterocycles. The number of methoxy groups -OCH3 is 2. The van der Waals surface area contributed by atoms with Crippen molar-refractivity contribution in [3.8, 4) is 11.5 Å². The van der Waals surface area contributed by atoms with Crippen molar-refractivity contribution in [1.29, 1.82) is 0 Å². The highest BCUT2D eigenvalue weighted by molar-refractivity contribution is 9.10. The van der Waals surface area contributed by atoms with Gasteiger partial charge >= 0.3 is 0 Å². The van der Waals surface area contributed by atoms with Crippen LogP contribution >= 0.6 is 15.9 Å². The maximum Gasteiger partial charge on any atom is 0.279 e. The van der Waals surface area contributed by atoms with Gasteiger partial charge in [-0.3, -0.25) is 4.79 Å². The van der Waals surface area contributed by atoms with Crippen molar-refractivity contribution >= 4 is 37.5 Å². The first-order valence-corrected chi connectivity index (χ1v) is 11.7. The Labute approximate surface area is 184 Å². The number of carbonyl (C=O) groups excluding carboxylic acids is 1. The molecule has 1 heterocycles. The van der Waals surface area contributed by atoms with Gasteiger partial charge in [-0.15, -0.1) is 0 Å². The van der Waals surface area contributed by atoms with Crippen LogP contribution in [-0.2, 0) is 14.8 Å². The molecule has 0 atom stereocenters. The van der Waals surface area contributed by atoms with Crippen molar-refractivity contribution in [2.75, 3.05) is 52.3 Å². The topological polar surface area (TPSA) is 89.4 Å². The molecule has 0 aromatic heterocycles. The molecule has 3 rings (SSSR count). The van der Waals surface area contributed by atoms with Gasteiger partial charge in [0.1, 0.15) is 11.5 Å². The second kappa shape index (κ2) is 9.78. The third-order valence-electron chi connectivity index (χ3n) is 4.93. The summed E-state index contributed by atoms with van der Waals surface area (Å²) < 4.78 is 38.3. The van der Waals surface area contributed by atoms with Gasteiger partial charge in [-0.1, -0.05) is 15.9 Å². The number of halogens is 1. The molecule has 2 aromatic carbocycles. The molecule has 0 bridgehead atoms. The van der Waals surface area contributed by atoms with E-state index in [4.69, 9.17) is 9.47 Å². The third-order valence-corrected chi connectivity index (χ3v) is 7.37. The number of quaternary nitrogens is 1. The van der Waals surface area contributed by atoms with Crippen molar-refractivity contribution in [2.45, 2.75) is 4.90 Å². The lowest BCUT2D eigenvalue weighted by molar-refractivity contribution is -0.895. The number of hydrogen-bond donors (Lipinski definition) is 2. The number of carbonyl (C=O) groups is 1. The lowest BCUT2D eigenvalue weighted by Crippen LogP contribution is -3.15. The Hall–Kier alpha value is -2.14. The first-order valence-electron chi connectivity index (χ1n) is 9.44. The summed E-state index contributed by atoms with van der Waals surface area (Å²) in [4.78, 5) is 13.8. The molecule has 0 unspecified atom stereocenters. The van der Waals surface area contributed by atoms with E-state index in [0.717, 1.165) is 9.37 Å². The van der Waals surface area contributed by atoms with Gasteiger partial charge in [-0.25, -0.2) is 8.42 Å². The molecule has 0 aliphatic carbocycles. The first-order chi connectivity index (χ1) is 14.3. The van der Waals surface area contributed by atoms with E-state index in [0.29, 0.717) is 43.4 Å². The van der Waals surface area contributed by atoms with Gasteiger partial charge in [0, 0.05) is 28.4 Å². The van der Waals surface area contributed by atoms with E-state index in [1.807, 2.05) is 0 Å². The molecular weight excluding hydrogens is 474 g/mol. The van der Waals surface area contributed by atoms with Crippen LogP contribution in [0.3, 0.4) is 0 Å². The molecule has 2 aromatic rings. The minimum absolute atomic E-state index is 0.149. The highest BCUT2D eigenvalue weighted by atomic mass is 79.9. The van der Waals surface area contributed by atoms with E-state index in [1.54, 1.807) is 56.7 Å². The predicted molar refractivity (Wildman–Crippen MR) is 117 cm³/mol. The molecule has 1 fully saturated rings. The molecule has 2 N–H and O–H groups in total. The maximum atomic E-state index is 12.8. The number of hydrogen-bond acceptors (Lipinski definition) is 5. The lowest BCUT2D eigenvalue weighted by atomic mass is 10.2. The van der Waals surface area contributed by atoms with Crippen LogP contribution in [-0.4, -0.2) is 65.6 Å². The van der Waals surface area contributed by atoms with Crippen molar-refractivity contribution < 1.29 is 27.6 Å². The zero-order valence-corrected chi connectivity index (χ0v) is 19.3. The van der Waals surface area contributed by atoms with Gasteiger partial charge in [-0.05, 0) is 24.3 Å². The van der Waals surface area contributed by atoms with Crippen LogP contribution in [0.2, 0.25) is 0 Å². The Kier molecular flexibility index (Phi) is 7.35. The summed E-state index contributed by atoms with van der Waals surface area (Å²) in [6.45, 7) is 2.11. The van der Waals surface area contributed by atoms with Crippen molar-refractivity contribution in [3.05, 3.63) is 46.9 Å². The summed E-state index contributed by atoms with van der Waals surface area (Å²) in [6.07, 6.45) is 0. The fraction of sp³-hybridized carbons (Fsp3) is 0.350. The van der Waals surface area contributed by atoms with Gasteiger partial charge < -0.3 is 19.7 Å². The van der Waals surface area contributed by atoms with E-state index in [9.17, 15) is 13.2 Å². The highest BCUT2D eigenvalue weighted by Gasteiger charge is 2.31. The van der Waals surface area contributed by atoms with Crippen LogP contribution in [0.4, 0.5) is 5.69 Å². The number of piperazine rings is 1. The Morgan fingerprint density at radius 2 is 1.63 bits per heavy atom. The average molecular weight is 499 g/mol. The Morgan fingerprint density at radius 3 is 2.17 bits per heavy atom. The fourth-order valence-electron chi connectivity index (χ4n) is 3.29. The Bertz CT molecular complexity index is 968. The molecule has 0 radical (unpaired) electrons. The molecule has 0 saturated carbocycles. The van der Waals surface area contributed by atoms with Crippen molar-refractivity contribution in [3.63, 3.8) is 0 Å². The molecule has 30 heavy (non-hydrogen) atoms. The second-order valence-electron chi connectivity index (χ2n) is 6.93. The van der Waals surface area contributed by atoms with Gasteiger partial charge in [0.25, 0.3) is 5.91 Å². The summed E-state index contributed by atoms with van der Waals surface area (Å²) in [7, 11) is -0.428. The summed E-state index contributed by atoms with van der Waals surface area (Å²) in [5, 5.41) is 2.86. The second-order valence-corrected chi connectivity index (χ2v) is 9.79. The molecule has 0 spiro atoms. The number of benzene rings is 2. The zero-order chi connectivity index (χ0) is 21.7. The highest BCUT2D eigenvalue weighted by Crippen LogP contribution is 2.25. The predicted octanol–water partition coefficient (Wildman–Crippen LogP) is 0.994.